The van der Waals surface area contributed by atoms with Crippen LogP contribution < -0.4 is 4.74 Å². The molecule has 0 bridgehead atoms. The summed E-state index contributed by atoms with van der Waals surface area (Å²) >= 11 is 0. The van der Waals surface area contributed by atoms with E-state index in [2.05, 4.69) is 25.7 Å². The van der Waals surface area contributed by atoms with Gasteiger partial charge in [-0.05, 0) is 44.9 Å². The average Bonchev–Trinajstić information content (AvgIpc) is 2.74. The lowest BCUT2D eigenvalue weighted by Gasteiger charge is -2.19. The molecule has 1 aliphatic rings. The Kier molecular flexibility index (Phi) is 4.47. The second-order valence-electron chi connectivity index (χ2n) is 5.34. The van der Waals surface area contributed by atoms with Gasteiger partial charge >= 0.3 is 0 Å². The first-order valence-corrected chi connectivity index (χ1v) is 6.59. The van der Waals surface area contributed by atoms with Crippen molar-refractivity contribution in [3.05, 3.63) is 29.8 Å². The standard InChI is InChI=1S/C16H20O3/c1-16(2)9-8-15(19-16)12-18-14-7-3-5-13(11-14)6-4-10-17/h3,5,7,11,15,17H,8-10,12H2,1-2H3. The van der Waals surface area contributed by atoms with Crippen molar-refractivity contribution in [3.63, 3.8) is 0 Å². The van der Waals surface area contributed by atoms with Gasteiger partial charge in [-0.25, -0.2) is 0 Å². The molecular weight excluding hydrogens is 240 g/mol. The second-order valence-corrected chi connectivity index (χ2v) is 5.34. The van der Waals surface area contributed by atoms with Crippen molar-refractivity contribution < 1.29 is 14.6 Å². The number of hydrogen-bond acceptors (Lipinski definition) is 3. The van der Waals surface area contributed by atoms with Crippen LogP contribution in [0.1, 0.15) is 32.3 Å². The third kappa shape index (κ3) is 4.27. The SMILES string of the molecule is CC1(C)CCC(COc2cccc(C#CCO)c2)O1. The maximum Gasteiger partial charge on any atom is 0.120 e. The molecule has 2 rings (SSSR count). The molecule has 1 N–H and O–H groups in total. The molecule has 0 aliphatic carbocycles. The van der Waals surface area contributed by atoms with Crippen molar-refractivity contribution in [1.29, 1.82) is 0 Å². The molecule has 1 aliphatic heterocycles. The van der Waals surface area contributed by atoms with Crippen LogP contribution in [0.3, 0.4) is 0 Å². The molecule has 1 aromatic rings. The number of aliphatic hydroxyl groups excluding tert-OH is 1. The molecule has 102 valence electrons. The smallest absolute Gasteiger partial charge is 0.120 e. The van der Waals surface area contributed by atoms with Gasteiger partial charge in [-0.3, -0.25) is 0 Å². The highest BCUT2D eigenvalue weighted by atomic mass is 16.6. The van der Waals surface area contributed by atoms with E-state index in [1.807, 2.05) is 24.3 Å². The molecule has 0 spiro atoms. The molecule has 1 unspecified atom stereocenters. The molecule has 0 aromatic heterocycles. The van der Waals surface area contributed by atoms with Gasteiger partial charge in [0.1, 0.15) is 19.0 Å². The van der Waals surface area contributed by atoms with E-state index in [1.54, 1.807) is 0 Å². The van der Waals surface area contributed by atoms with Crippen LogP contribution in [0, 0.1) is 11.8 Å². The monoisotopic (exact) mass is 260 g/mol. The molecular formula is C16H20O3. The summed E-state index contributed by atoms with van der Waals surface area (Å²) in [6.07, 6.45) is 2.28. The maximum absolute atomic E-state index is 8.67. The first kappa shape index (κ1) is 13.9. The first-order valence-electron chi connectivity index (χ1n) is 6.59. The Morgan fingerprint density at radius 1 is 1.47 bits per heavy atom. The van der Waals surface area contributed by atoms with Gasteiger partial charge in [-0.15, -0.1) is 0 Å². The van der Waals surface area contributed by atoms with Crippen LogP contribution in [0.2, 0.25) is 0 Å². The molecule has 1 fully saturated rings. The number of rotatable bonds is 3. The molecule has 0 radical (unpaired) electrons. The molecule has 1 heterocycles. The van der Waals surface area contributed by atoms with E-state index in [-0.39, 0.29) is 18.3 Å². The van der Waals surface area contributed by atoms with Crippen LogP contribution in [0.15, 0.2) is 24.3 Å². The Morgan fingerprint density at radius 3 is 3.00 bits per heavy atom. The maximum atomic E-state index is 8.67. The number of benzene rings is 1. The van der Waals surface area contributed by atoms with Crippen molar-refractivity contribution >= 4 is 0 Å². The Morgan fingerprint density at radius 2 is 2.32 bits per heavy atom. The number of aliphatic hydroxyl groups is 1. The lowest BCUT2D eigenvalue weighted by molar-refractivity contribution is -0.0326. The highest BCUT2D eigenvalue weighted by molar-refractivity contribution is 5.39. The van der Waals surface area contributed by atoms with Crippen molar-refractivity contribution in [2.45, 2.75) is 38.4 Å². The van der Waals surface area contributed by atoms with Crippen LogP contribution in [-0.4, -0.2) is 30.0 Å². The van der Waals surface area contributed by atoms with Crippen molar-refractivity contribution in [3.8, 4) is 17.6 Å². The Balaban J connectivity index is 1.89. The largest absolute Gasteiger partial charge is 0.491 e. The van der Waals surface area contributed by atoms with Crippen LogP contribution in [0.5, 0.6) is 5.75 Å². The molecule has 1 saturated heterocycles. The summed E-state index contributed by atoms with van der Waals surface area (Å²) < 4.78 is 11.6. The van der Waals surface area contributed by atoms with E-state index in [9.17, 15) is 0 Å². The van der Waals surface area contributed by atoms with Gasteiger partial charge in [0.15, 0.2) is 0 Å². The molecule has 0 saturated carbocycles. The predicted molar refractivity (Wildman–Crippen MR) is 74.1 cm³/mol. The normalized spacial score (nSPS) is 20.7. The molecule has 3 heteroatoms. The summed E-state index contributed by atoms with van der Waals surface area (Å²) in [4.78, 5) is 0. The summed E-state index contributed by atoms with van der Waals surface area (Å²) in [6.45, 7) is 4.66. The van der Waals surface area contributed by atoms with Crippen molar-refractivity contribution in [2.75, 3.05) is 13.2 Å². The molecule has 3 nitrogen and oxygen atoms in total. The minimum absolute atomic E-state index is 0.0253. The van der Waals surface area contributed by atoms with E-state index in [0.717, 1.165) is 24.2 Å². The average molecular weight is 260 g/mol. The topological polar surface area (TPSA) is 38.7 Å². The van der Waals surface area contributed by atoms with Crippen molar-refractivity contribution in [2.24, 2.45) is 0 Å². The van der Waals surface area contributed by atoms with E-state index in [4.69, 9.17) is 14.6 Å². The summed E-state index contributed by atoms with van der Waals surface area (Å²) in [7, 11) is 0. The summed E-state index contributed by atoms with van der Waals surface area (Å²) in [5.74, 6) is 6.28. The van der Waals surface area contributed by atoms with E-state index < -0.39 is 0 Å². The summed E-state index contributed by atoms with van der Waals surface area (Å²) in [5.41, 5.74) is 0.821. The number of ether oxygens (including phenoxy) is 2. The zero-order valence-electron chi connectivity index (χ0n) is 11.5. The zero-order chi connectivity index (χ0) is 13.7. The number of hydrogen-bond donors (Lipinski definition) is 1. The summed E-state index contributed by atoms with van der Waals surface area (Å²) in [5, 5.41) is 8.67. The highest BCUT2D eigenvalue weighted by Crippen LogP contribution is 2.29. The first-order chi connectivity index (χ1) is 9.09. The van der Waals surface area contributed by atoms with E-state index >= 15 is 0 Å². The summed E-state index contributed by atoms with van der Waals surface area (Å²) in [6, 6.07) is 7.58. The van der Waals surface area contributed by atoms with E-state index in [1.165, 1.54) is 0 Å². The van der Waals surface area contributed by atoms with Gasteiger partial charge in [-0.1, -0.05) is 17.9 Å². The quantitative estimate of drug-likeness (QED) is 0.848. The second kappa shape index (κ2) is 6.10. The lowest BCUT2D eigenvalue weighted by atomic mass is 10.1. The predicted octanol–water partition coefficient (Wildman–Crippen LogP) is 2.37. The lowest BCUT2D eigenvalue weighted by Crippen LogP contribution is -2.23. The fourth-order valence-corrected chi connectivity index (χ4v) is 2.19. The van der Waals surface area contributed by atoms with Crippen LogP contribution in [0.4, 0.5) is 0 Å². The van der Waals surface area contributed by atoms with Gasteiger partial charge in [-0.2, -0.15) is 0 Å². The fraction of sp³-hybridized carbons (Fsp3) is 0.500. The Labute approximate surface area is 114 Å². The fourth-order valence-electron chi connectivity index (χ4n) is 2.19. The molecule has 1 aromatic carbocycles. The van der Waals surface area contributed by atoms with Gasteiger partial charge in [0.05, 0.1) is 11.7 Å². The molecule has 19 heavy (non-hydrogen) atoms. The minimum Gasteiger partial charge on any atom is -0.491 e. The Bertz CT molecular complexity index is 482. The third-order valence-electron chi connectivity index (χ3n) is 3.14. The zero-order valence-corrected chi connectivity index (χ0v) is 11.5. The van der Waals surface area contributed by atoms with Gasteiger partial charge in [0.2, 0.25) is 0 Å². The van der Waals surface area contributed by atoms with Crippen LogP contribution in [0.25, 0.3) is 0 Å². The van der Waals surface area contributed by atoms with Gasteiger partial charge < -0.3 is 14.6 Å². The minimum atomic E-state index is -0.129. The molecule has 0 amide bonds. The molecule has 1 atom stereocenters. The van der Waals surface area contributed by atoms with Gasteiger partial charge in [0.25, 0.3) is 0 Å². The Hall–Kier alpha value is -1.50. The van der Waals surface area contributed by atoms with Gasteiger partial charge in [0, 0.05) is 5.56 Å². The van der Waals surface area contributed by atoms with Crippen LogP contribution in [-0.2, 0) is 4.74 Å². The van der Waals surface area contributed by atoms with Crippen molar-refractivity contribution in [1.82, 2.24) is 0 Å². The highest BCUT2D eigenvalue weighted by Gasteiger charge is 2.31. The van der Waals surface area contributed by atoms with E-state index in [0.29, 0.717) is 6.61 Å². The third-order valence-corrected chi connectivity index (χ3v) is 3.14. The van der Waals surface area contributed by atoms with Crippen LogP contribution >= 0.6 is 0 Å².